The molecule has 36 heavy (non-hydrogen) atoms. The highest BCUT2D eigenvalue weighted by Crippen LogP contribution is 2.31. The van der Waals surface area contributed by atoms with Crippen LogP contribution in [-0.4, -0.2) is 79.4 Å². The molecule has 1 aromatic carbocycles. The van der Waals surface area contributed by atoms with Gasteiger partial charge in [0.1, 0.15) is 11.9 Å². The van der Waals surface area contributed by atoms with Crippen molar-refractivity contribution in [3.63, 3.8) is 0 Å². The first-order valence-electron chi connectivity index (χ1n) is 13.0. The number of hydrogen-bond donors (Lipinski definition) is 1. The first-order valence-corrected chi connectivity index (χ1v) is 13.0. The van der Waals surface area contributed by atoms with E-state index in [0.29, 0.717) is 5.56 Å². The predicted octanol–water partition coefficient (Wildman–Crippen LogP) is 2.56. The topological polar surface area (TPSA) is 80.6 Å². The number of pyridine rings is 2. The van der Waals surface area contributed by atoms with Crippen LogP contribution in [0.5, 0.6) is 0 Å². The van der Waals surface area contributed by atoms with Gasteiger partial charge in [-0.2, -0.15) is 5.26 Å². The van der Waals surface area contributed by atoms with Crippen molar-refractivity contribution >= 4 is 22.4 Å². The fourth-order valence-electron chi connectivity index (χ4n) is 5.96. The number of nitrogens with one attached hydrogen (secondary N) is 1. The Morgan fingerprint density at radius 2 is 1.94 bits per heavy atom. The highest BCUT2D eigenvalue weighted by atomic mass is 16.5. The lowest BCUT2D eigenvalue weighted by atomic mass is 10.0. The van der Waals surface area contributed by atoms with E-state index in [1.54, 1.807) is 6.20 Å². The Kier molecular flexibility index (Phi) is 6.45. The molecule has 2 atom stereocenters. The molecule has 0 spiro atoms. The smallest absolute Gasteiger partial charge is 0.132 e. The fraction of sp³-hybridized carbons (Fsp3) is 0.464. The van der Waals surface area contributed by atoms with Crippen molar-refractivity contribution in [1.82, 2.24) is 20.2 Å². The average molecular weight is 484 g/mol. The Morgan fingerprint density at radius 3 is 2.81 bits per heavy atom. The van der Waals surface area contributed by atoms with Gasteiger partial charge in [0.25, 0.3) is 0 Å². The highest BCUT2D eigenvalue weighted by Gasteiger charge is 2.30. The van der Waals surface area contributed by atoms with Gasteiger partial charge in [0.05, 0.1) is 23.3 Å². The Morgan fingerprint density at radius 1 is 1.06 bits per heavy atom. The van der Waals surface area contributed by atoms with Gasteiger partial charge in [-0.1, -0.05) is 0 Å². The molecule has 3 aromatic rings. The molecule has 8 nitrogen and oxygen atoms in total. The minimum atomic E-state index is 0.136. The normalized spacial score (nSPS) is 22.9. The van der Waals surface area contributed by atoms with Gasteiger partial charge in [-0.25, -0.2) is 4.98 Å². The van der Waals surface area contributed by atoms with Crippen LogP contribution < -0.4 is 15.1 Å². The Hall–Kier alpha value is -3.25. The van der Waals surface area contributed by atoms with E-state index < -0.39 is 0 Å². The molecule has 2 saturated heterocycles. The van der Waals surface area contributed by atoms with Gasteiger partial charge in [-0.3, -0.25) is 9.88 Å². The van der Waals surface area contributed by atoms with Crippen molar-refractivity contribution in [3.8, 4) is 6.07 Å². The van der Waals surface area contributed by atoms with E-state index in [9.17, 15) is 5.26 Å². The summed E-state index contributed by atoms with van der Waals surface area (Å²) in [4.78, 5) is 16.7. The van der Waals surface area contributed by atoms with E-state index >= 15 is 0 Å². The first-order chi connectivity index (χ1) is 17.7. The van der Waals surface area contributed by atoms with Crippen LogP contribution in [0.4, 0.5) is 11.5 Å². The highest BCUT2D eigenvalue weighted by molar-refractivity contribution is 5.95. The maximum atomic E-state index is 9.51. The molecule has 2 fully saturated rings. The van der Waals surface area contributed by atoms with Crippen molar-refractivity contribution in [2.75, 3.05) is 62.2 Å². The summed E-state index contributed by atoms with van der Waals surface area (Å²) in [5.74, 6) is 1.18. The zero-order chi connectivity index (χ0) is 24.5. The van der Waals surface area contributed by atoms with Gasteiger partial charge in [0.2, 0.25) is 0 Å². The number of anilines is 2. The van der Waals surface area contributed by atoms with Crippen LogP contribution in [0, 0.1) is 11.3 Å². The average Bonchev–Trinajstić information content (AvgIpc) is 2.92. The van der Waals surface area contributed by atoms with Crippen molar-refractivity contribution in [2.45, 2.75) is 32.1 Å². The van der Waals surface area contributed by atoms with Crippen LogP contribution in [0.15, 0.2) is 42.7 Å². The number of aromatic nitrogens is 2. The van der Waals surface area contributed by atoms with Gasteiger partial charge in [-0.15, -0.1) is 0 Å². The second-order valence-corrected chi connectivity index (χ2v) is 10.1. The molecule has 6 rings (SSSR count). The molecule has 5 heterocycles. The minimum absolute atomic E-state index is 0.136. The maximum Gasteiger partial charge on any atom is 0.132 e. The summed E-state index contributed by atoms with van der Waals surface area (Å²) in [5, 5.41) is 14.0. The second kappa shape index (κ2) is 10.0. The number of benzene rings is 1. The summed E-state index contributed by atoms with van der Waals surface area (Å²) in [5.41, 5.74) is 5.35. The first kappa shape index (κ1) is 23.2. The van der Waals surface area contributed by atoms with Gasteiger partial charge in [0.15, 0.2) is 0 Å². The number of morpholine rings is 1. The quantitative estimate of drug-likeness (QED) is 0.607. The van der Waals surface area contributed by atoms with Gasteiger partial charge in [0, 0.05) is 81.4 Å². The molecule has 1 N–H and O–H groups in total. The summed E-state index contributed by atoms with van der Waals surface area (Å²) in [6.07, 6.45) is 5.05. The number of rotatable bonds is 4. The summed E-state index contributed by atoms with van der Waals surface area (Å²) in [6, 6.07) is 12.4. The lowest BCUT2D eigenvalue weighted by molar-refractivity contribution is -0.0327. The van der Waals surface area contributed by atoms with E-state index in [1.165, 1.54) is 16.9 Å². The summed E-state index contributed by atoms with van der Waals surface area (Å²) < 4.78 is 6.40. The van der Waals surface area contributed by atoms with Crippen molar-refractivity contribution in [2.24, 2.45) is 0 Å². The molecule has 186 valence electrons. The zero-order valence-corrected chi connectivity index (χ0v) is 20.9. The maximum absolute atomic E-state index is 9.51. The number of piperazine rings is 1. The lowest BCUT2D eigenvalue weighted by Crippen LogP contribution is -2.54. The third kappa shape index (κ3) is 4.50. The van der Waals surface area contributed by atoms with Crippen LogP contribution in [0.25, 0.3) is 10.9 Å². The third-order valence-electron chi connectivity index (χ3n) is 7.67. The Bertz CT molecular complexity index is 1280. The number of nitriles is 1. The van der Waals surface area contributed by atoms with E-state index in [2.05, 4.69) is 56.2 Å². The van der Waals surface area contributed by atoms with Crippen LogP contribution in [0.3, 0.4) is 0 Å². The molecular weight excluding hydrogens is 450 g/mol. The minimum Gasteiger partial charge on any atom is -0.370 e. The molecule has 0 aliphatic carbocycles. The summed E-state index contributed by atoms with van der Waals surface area (Å²) >= 11 is 0. The molecule has 2 aromatic heterocycles. The Balaban J connectivity index is 1.13. The molecule has 0 saturated carbocycles. The molecule has 8 heteroatoms. The predicted molar refractivity (Wildman–Crippen MR) is 141 cm³/mol. The summed E-state index contributed by atoms with van der Waals surface area (Å²) in [6.45, 7) is 10.7. The number of fused-ring (bicyclic) bond motifs is 2. The zero-order valence-electron chi connectivity index (χ0n) is 20.9. The molecular formula is C28H33N7O. The SMILES string of the molecule is CC1CN(c2ccc(C#N)c3ncccc23)CC(CN2CCN(c3nccc4c3CCNC4)CC2)O1. The van der Waals surface area contributed by atoms with Crippen LogP contribution >= 0.6 is 0 Å². The van der Waals surface area contributed by atoms with E-state index in [1.807, 2.05) is 18.3 Å². The van der Waals surface area contributed by atoms with E-state index in [4.69, 9.17) is 9.72 Å². The second-order valence-electron chi connectivity index (χ2n) is 10.1. The largest absolute Gasteiger partial charge is 0.370 e. The van der Waals surface area contributed by atoms with Crippen molar-refractivity contribution in [3.05, 3.63) is 59.4 Å². The standard InChI is InChI=1S/C28H33N7O/c1-20-17-35(26-5-4-21(15-29)27-25(26)3-2-8-31-27)19-23(36-20)18-33-11-13-34(14-12-33)28-24-7-9-30-16-22(24)6-10-32-28/h2-6,8,10,20,23,30H,7,9,11-14,16-19H2,1H3. The van der Waals surface area contributed by atoms with Gasteiger partial charge >= 0.3 is 0 Å². The molecule has 3 aliphatic rings. The molecule has 3 aliphatic heterocycles. The molecule has 0 radical (unpaired) electrons. The molecule has 0 bridgehead atoms. The lowest BCUT2D eigenvalue weighted by Gasteiger charge is -2.42. The third-order valence-corrected chi connectivity index (χ3v) is 7.67. The van der Waals surface area contributed by atoms with Crippen molar-refractivity contribution < 1.29 is 4.74 Å². The fourth-order valence-corrected chi connectivity index (χ4v) is 5.96. The van der Waals surface area contributed by atoms with Crippen molar-refractivity contribution in [1.29, 1.82) is 5.26 Å². The number of nitrogens with zero attached hydrogens (tertiary/aromatic N) is 6. The van der Waals surface area contributed by atoms with Crippen LogP contribution in [0.1, 0.15) is 23.6 Å². The van der Waals surface area contributed by atoms with Gasteiger partial charge < -0.3 is 19.9 Å². The van der Waals surface area contributed by atoms with E-state index in [0.717, 1.165) is 81.9 Å². The van der Waals surface area contributed by atoms with Crippen LogP contribution in [0.2, 0.25) is 0 Å². The number of hydrogen-bond acceptors (Lipinski definition) is 8. The van der Waals surface area contributed by atoms with Gasteiger partial charge in [-0.05, 0) is 55.8 Å². The molecule has 0 amide bonds. The summed E-state index contributed by atoms with van der Waals surface area (Å²) in [7, 11) is 0. The molecule has 2 unspecified atom stereocenters. The Labute approximate surface area is 212 Å². The van der Waals surface area contributed by atoms with Crippen LogP contribution in [-0.2, 0) is 17.7 Å². The van der Waals surface area contributed by atoms with E-state index in [-0.39, 0.29) is 12.2 Å². The monoisotopic (exact) mass is 483 g/mol. The number of ether oxygens (including phenoxy) is 1.